The monoisotopic (exact) mass is 373 g/mol. The number of rotatable bonds is 6. The summed E-state index contributed by atoms with van der Waals surface area (Å²) in [6.45, 7) is 3.40. The van der Waals surface area contributed by atoms with Gasteiger partial charge in [-0.25, -0.2) is 13.2 Å². The summed E-state index contributed by atoms with van der Waals surface area (Å²) in [5.74, 6) is 0.190. The number of alkyl halides is 1. The highest BCUT2D eigenvalue weighted by Gasteiger charge is 2.26. The predicted molar refractivity (Wildman–Crippen MR) is 97.4 cm³/mol. The van der Waals surface area contributed by atoms with Crippen molar-refractivity contribution < 1.29 is 13.2 Å². The van der Waals surface area contributed by atoms with E-state index in [0.717, 1.165) is 23.9 Å². The summed E-state index contributed by atoms with van der Waals surface area (Å²) >= 11 is 0. The summed E-state index contributed by atoms with van der Waals surface area (Å²) in [7, 11) is 0. The van der Waals surface area contributed by atoms with Gasteiger partial charge in [0.15, 0.2) is 5.65 Å². The van der Waals surface area contributed by atoms with E-state index in [2.05, 4.69) is 10.2 Å². The summed E-state index contributed by atoms with van der Waals surface area (Å²) in [6, 6.07) is 5.45. The molecular formula is C21H22F3N3. The quantitative estimate of drug-likeness (QED) is 0.584. The number of hydrogen-bond acceptors (Lipinski definition) is 2. The second kappa shape index (κ2) is 6.98. The highest BCUT2D eigenvalue weighted by Crippen LogP contribution is 2.35. The molecule has 1 fully saturated rings. The van der Waals surface area contributed by atoms with Gasteiger partial charge < -0.3 is 0 Å². The van der Waals surface area contributed by atoms with E-state index in [1.807, 2.05) is 23.6 Å². The Morgan fingerprint density at radius 2 is 1.93 bits per heavy atom. The lowest BCUT2D eigenvalue weighted by molar-refractivity contribution is 0.371. The van der Waals surface area contributed by atoms with Crippen LogP contribution < -0.4 is 0 Å². The molecule has 1 aromatic carbocycles. The number of benzene rings is 1. The molecule has 4 rings (SSSR count). The Hall–Kier alpha value is -2.37. The van der Waals surface area contributed by atoms with E-state index in [1.165, 1.54) is 31.9 Å². The van der Waals surface area contributed by atoms with Crippen LogP contribution in [0.3, 0.4) is 0 Å². The summed E-state index contributed by atoms with van der Waals surface area (Å²) in [6.07, 6.45) is 4.29. The second-order valence-electron chi connectivity index (χ2n) is 7.60. The van der Waals surface area contributed by atoms with Gasteiger partial charge in [0.05, 0.1) is 0 Å². The van der Waals surface area contributed by atoms with Crippen LogP contribution in [-0.2, 0) is 12.8 Å². The van der Waals surface area contributed by atoms with Crippen LogP contribution in [0.4, 0.5) is 13.2 Å². The first-order valence-corrected chi connectivity index (χ1v) is 9.38. The van der Waals surface area contributed by atoms with Gasteiger partial charge in [-0.2, -0.15) is 0 Å². The molecule has 1 saturated carbocycles. The second-order valence-corrected chi connectivity index (χ2v) is 7.60. The average molecular weight is 373 g/mol. The summed E-state index contributed by atoms with van der Waals surface area (Å²) in [4.78, 5) is 0. The molecule has 1 aliphatic carbocycles. The molecule has 142 valence electrons. The van der Waals surface area contributed by atoms with Crippen molar-refractivity contribution in [3.63, 3.8) is 0 Å². The van der Waals surface area contributed by atoms with Crippen LogP contribution in [0, 0.1) is 17.6 Å². The Morgan fingerprint density at radius 3 is 2.59 bits per heavy atom. The van der Waals surface area contributed by atoms with Crippen molar-refractivity contribution in [2.45, 2.75) is 51.6 Å². The molecule has 0 aliphatic heterocycles. The molecule has 2 aromatic heterocycles. The fraction of sp³-hybridized carbons (Fsp3) is 0.429. The van der Waals surface area contributed by atoms with Gasteiger partial charge >= 0.3 is 0 Å². The molecule has 6 heteroatoms. The van der Waals surface area contributed by atoms with Gasteiger partial charge in [0, 0.05) is 24.2 Å². The molecule has 2 atom stereocenters. The van der Waals surface area contributed by atoms with Gasteiger partial charge in [0.1, 0.15) is 23.6 Å². The number of aromatic nitrogens is 3. The minimum atomic E-state index is -1.22. The van der Waals surface area contributed by atoms with Crippen molar-refractivity contribution in [3.05, 3.63) is 64.6 Å². The van der Waals surface area contributed by atoms with Gasteiger partial charge in [-0.05, 0) is 61.3 Å². The van der Waals surface area contributed by atoms with Crippen molar-refractivity contribution in [1.82, 2.24) is 14.6 Å². The molecule has 1 aliphatic rings. The van der Waals surface area contributed by atoms with E-state index >= 15 is 0 Å². The maximum Gasteiger partial charge on any atom is 0.167 e. The van der Waals surface area contributed by atoms with Crippen LogP contribution in [0.2, 0.25) is 0 Å². The van der Waals surface area contributed by atoms with E-state index in [9.17, 15) is 13.2 Å². The average Bonchev–Trinajstić information content (AvgIpc) is 3.35. The summed E-state index contributed by atoms with van der Waals surface area (Å²) in [5.41, 5.74) is 2.23. The van der Waals surface area contributed by atoms with Crippen LogP contribution in [0.25, 0.3) is 5.65 Å². The maximum atomic E-state index is 14.5. The molecule has 0 amide bonds. The predicted octanol–water partition coefficient (Wildman–Crippen LogP) is 5.34. The van der Waals surface area contributed by atoms with E-state index in [-0.39, 0.29) is 5.92 Å². The number of hydrogen-bond donors (Lipinski definition) is 0. The van der Waals surface area contributed by atoms with Gasteiger partial charge in [0.2, 0.25) is 0 Å². The van der Waals surface area contributed by atoms with Crippen molar-refractivity contribution in [1.29, 1.82) is 0 Å². The molecule has 3 aromatic rings. The smallest absolute Gasteiger partial charge is 0.167 e. The largest absolute Gasteiger partial charge is 0.286 e. The van der Waals surface area contributed by atoms with Crippen LogP contribution in [-0.4, -0.2) is 14.6 Å². The molecule has 0 radical (unpaired) electrons. The van der Waals surface area contributed by atoms with E-state index in [1.54, 1.807) is 0 Å². The van der Waals surface area contributed by atoms with Gasteiger partial charge in [-0.1, -0.05) is 13.0 Å². The van der Waals surface area contributed by atoms with E-state index in [0.29, 0.717) is 29.1 Å². The highest BCUT2D eigenvalue weighted by molar-refractivity contribution is 5.54. The SMILES string of the molecule is CC(F)c1c(C(C)Cc2ccc(F)cc2F)ccn2c(CC3CC3)nnc12. The van der Waals surface area contributed by atoms with Crippen molar-refractivity contribution in [2.75, 3.05) is 0 Å². The lowest BCUT2D eigenvalue weighted by Crippen LogP contribution is -2.08. The third kappa shape index (κ3) is 3.57. The van der Waals surface area contributed by atoms with Crippen molar-refractivity contribution in [2.24, 2.45) is 5.92 Å². The third-order valence-electron chi connectivity index (χ3n) is 5.36. The minimum absolute atomic E-state index is 0.147. The maximum absolute atomic E-state index is 14.5. The molecule has 0 spiro atoms. The van der Waals surface area contributed by atoms with Gasteiger partial charge in [-0.15, -0.1) is 10.2 Å². The third-order valence-corrected chi connectivity index (χ3v) is 5.36. The van der Waals surface area contributed by atoms with E-state index in [4.69, 9.17) is 0 Å². The first-order valence-electron chi connectivity index (χ1n) is 9.38. The molecule has 2 heterocycles. The van der Waals surface area contributed by atoms with Crippen molar-refractivity contribution >= 4 is 5.65 Å². The number of fused-ring (bicyclic) bond motifs is 1. The summed E-state index contributed by atoms with van der Waals surface area (Å²) < 4.78 is 43.6. The molecule has 0 saturated heterocycles. The van der Waals surface area contributed by atoms with Gasteiger partial charge in [0.25, 0.3) is 0 Å². The van der Waals surface area contributed by atoms with Gasteiger partial charge in [-0.3, -0.25) is 4.40 Å². The van der Waals surface area contributed by atoms with Crippen molar-refractivity contribution in [3.8, 4) is 0 Å². The zero-order valence-corrected chi connectivity index (χ0v) is 15.4. The van der Waals surface area contributed by atoms with E-state index < -0.39 is 17.8 Å². The Bertz CT molecular complexity index is 976. The molecule has 27 heavy (non-hydrogen) atoms. The number of nitrogens with zero attached hydrogens (tertiary/aromatic N) is 3. The Labute approximate surface area is 156 Å². The van der Waals surface area contributed by atoms with Crippen LogP contribution in [0.5, 0.6) is 0 Å². The molecular weight excluding hydrogens is 351 g/mol. The Kier molecular flexibility index (Phi) is 4.66. The summed E-state index contributed by atoms with van der Waals surface area (Å²) in [5, 5.41) is 8.52. The van der Waals surface area contributed by atoms with Crippen LogP contribution in [0.15, 0.2) is 30.5 Å². The van der Waals surface area contributed by atoms with Crippen LogP contribution >= 0.6 is 0 Å². The molecule has 3 nitrogen and oxygen atoms in total. The lowest BCUT2D eigenvalue weighted by atomic mass is 9.89. The Balaban J connectivity index is 1.70. The minimum Gasteiger partial charge on any atom is -0.286 e. The zero-order valence-electron chi connectivity index (χ0n) is 15.4. The number of pyridine rings is 1. The molecule has 2 unspecified atom stereocenters. The molecule has 0 bridgehead atoms. The normalized spacial score (nSPS) is 16.6. The Morgan fingerprint density at radius 1 is 1.15 bits per heavy atom. The molecule has 0 N–H and O–H groups in total. The first kappa shape index (κ1) is 18.0. The van der Waals surface area contributed by atoms with Crippen LogP contribution in [0.1, 0.15) is 61.3 Å². The topological polar surface area (TPSA) is 30.2 Å². The first-order chi connectivity index (χ1) is 12.9. The zero-order chi connectivity index (χ0) is 19.1. The standard InChI is InChI=1S/C21H22F3N3/c1-12(9-15-5-6-16(23)11-18(15)24)17-7-8-27-19(10-14-3-4-14)25-26-21(27)20(17)13(2)22/h5-8,11-14H,3-4,9-10H2,1-2H3. The fourth-order valence-electron chi connectivity index (χ4n) is 3.72. The highest BCUT2D eigenvalue weighted by atomic mass is 19.1. The number of halogens is 3. The lowest BCUT2D eigenvalue weighted by Gasteiger charge is -2.18. The fourth-order valence-corrected chi connectivity index (χ4v) is 3.72.